The van der Waals surface area contributed by atoms with Crippen LogP contribution in [0.1, 0.15) is 10.4 Å². The zero-order valence-corrected chi connectivity index (χ0v) is 12.4. The van der Waals surface area contributed by atoms with Gasteiger partial charge in [-0.1, -0.05) is 41.7 Å². The van der Waals surface area contributed by atoms with Crippen LogP contribution in [-0.2, 0) is 20.6 Å². The summed E-state index contributed by atoms with van der Waals surface area (Å²) in [5, 5.41) is 8.72. The number of carbonyl (C=O) groups is 1. The van der Waals surface area contributed by atoms with Crippen molar-refractivity contribution in [3.05, 3.63) is 53.0 Å². The molecule has 0 saturated heterocycles. The van der Waals surface area contributed by atoms with Crippen molar-refractivity contribution in [3.63, 3.8) is 0 Å². The Bertz CT molecular complexity index is 751. The molecule has 0 unspecified atom stereocenters. The van der Waals surface area contributed by atoms with Crippen LogP contribution in [0.4, 0.5) is 5.13 Å². The minimum Gasteiger partial charge on any atom is -0.478 e. The Morgan fingerprint density at radius 2 is 2.05 bits per heavy atom. The first-order chi connectivity index (χ1) is 9.94. The van der Waals surface area contributed by atoms with Crippen LogP contribution >= 0.6 is 11.3 Å². The molecule has 0 aliphatic heterocycles. The molecular formula is C13H12N2O4S2. The second-order valence-corrected chi connectivity index (χ2v) is 6.87. The Hall–Kier alpha value is -2.19. The molecule has 1 aromatic carbocycles. The average molecular weight is 324 g/mol. The normalized spacial score (nSPS) is 11.6. The van der Waals surface area contributed by atoms with E-state index >= 15 is 0 Å². The molecule has 2 rings (SSSR count). The Morgan fingerprint density at radius 1 is 1.33 bits per heavy atom. The van der Waals surface area contributed by atoms with Crippen molar-refractivity contribution in [2.24, 2.45) is 0 Å². The molecule has 1 aromatic heterocycles. The third-order valence-corrected chi connectivity index (χ3v) is 4.58. The summed E-state index contributed by atoms with van der Waals surface area (Å²) < 4.78 is 26.3. The highest BCUT2D eigenvalue weighted by atomic mass is 32.2. The number of hydrogen-bond acceptors (Lipinski definition) is 5. The lowest BCUT2D eigenvalue weighted by Crippen LogP contribution is -2.14. The number of nitrogens with one attached hydrogen (secondary N) is 1. The summed E-state index contributed by atoms with van der Waals surface area (Å²) in [6, 6.07) is 8.79. The molecule has 110 valence electrons. The van der Waals surface area contributed by atoms with Gasteiger partial charge >= 0.3 is 5.97 Å². The van der Waals surface area contributed by atoms with Gasteiger partial charge in [0, 0.05) is 17.2 Å². The summed E-state index contributed by atoms with van der Waals surface area (Å²) in [6.07, 6.45) is 3.73. The van der Waals surface area contributed by atoms with E-state index in [0.29, 0.717) is 10.4 Å². The van der Waals surface area contributed by atoms with Gasteiger partial charge in [-0.15, -0.1) is 0 Å². The highest BCUT2D eigenvalue weighted by Gasteiger charge is 2.13. The van der Waals surface area contributed by atoms with Crippen LogP contribution in [0, 0.1) is 0 Å². The Labute approximate surface area is 125 Å². The van der Waals surface area contributed by atoms with Gasteiger partial charge in [-0.3, -0.25) is 4.72 Å². The first-order valence-corrected chi connectivity index (χ1v) is 8.33. The molecule has 0 fully saturated rings. The van der Waals surface area contributed by atoms with E-state index in [2.05, 4.69) is 9.71 Å². The fourth-order valence-electron chi connectivity index (χ4n) is 1.53. The van der Waals surface area contributed by atoms with Gasteiger partial charge in [-0.25, -0.2) is 18.2 Å². The maximum atomic E-state index is 12.0. The van der Waals surface area contributed by atoms with E-state index in [1.54, 1.807) is 24.3 Å². The molecule has 0 aliphatic carbocycles. The molecular weight excluding hydrogens is 312 g/mol. The molecule has 2 aromatic rings. The van der Waals surface area contributed by atoms with E-state index in [1.165, 1.54) is 12.3 Å². The van der Waals surface area contributed by atoms with Crippen LogP contribution in [-0.4, -0.2) is 24.5 Å². The maximum Gasteiger partial charge on any atom is 0.328 e. The predicted molar refractivity (Wildman–Crippen MR) is 81.5 cm³/mol. The standard InChI is InChI=1S/C13H12N2O4S2/c16-12(17)7-6-11-8-14-13(20-11)15-21(18,19)9-10-4-2-1-3-5-10/h1-8H,9H2,(H,14,15)(H,16,17). The summed E-state index contributed by atoms with van der Waals surface area (Å²) in [4.78, 5) is 14.9. The number of aromatic nitrogens is 1. The number of nitrogens with zero attached hydrogens (tertiary/aromatic N) is 1. The number of rotatable bonds is 6. The van der Waals surface area contributed by atoms with E-state index in [-0.39, 0.29) is 10.9 Å². The zero-order chi connectivity index (χ0) is 15.3. The number of thiazole rings is 1. The zero-order valence-electron chi connectivity index (χ0n) is 10.8. The monoisotopic (exact) mass is 324 g/mol. The number of anilines is 1. The lowest BCUT2D eigenvalue weighted by atomic mass is 10.2. The van der Waals surface area contributed by atoms with E-state index < -0.39 is 16.0 Å². The minimum atomic E-state index is -3.55. The van der Waals surface area contributed by atoms with Gasteiger partial charge < -0.3 is 5.11 Å². The van der Waals surface area contributed by atoms with E-state index in [1.807, 2.05) is 6.07 Å². The van der Waals surface area contributed by atoms with Crippen molar-refractivity contribution in [2.45, 2.75) is 5.75 Å². The summed E-state index contributed by atoms with van der Waals surface area (Å²) >= 11 is 1.06. The van der Waals surface area contributed by atoms with Crippen molar-refractivity contribution in [2.75, 3.05) is 4.72 Å². The second-order valence-electron chi connectivity index (χ2n) is 4.09. The van der Waals surface area contributed by atoms with Crippen LogP contribution in [0.15, 0.2) is 42.6 Å². The highest BCUT2D eigenvalue weighted by molar-refractivity contribution is 7.92. The molecule has 6 nitrogen and oxygen atoms in total. The summed E-state index contributed by atoms with van der Waals surface area (Å²) in [5.41, 5.74) is 0.674. The van der Waals surface area contributed by atoms with Gasteiger partial charge in [-0.2, -0.15) is 0 Å². The molecule has 0 spiro atoms. The van der Waals surface area contributed by atoms with Gasteiger partial charge in [0.05, 0.1) is 5.75 Å². The summed E-state index contributed by atoms with van der Waals surface area (Å²) in [7, 11) is -3.55. The van der Waals surface area contributed by atoms with E-state index in [4.69, 9.17) is 5.11 Å². The molecule has 21 heavy (non-hydrogen) atoms. The van der Waals surface area contributed by atoms with Gasteiger partial charge in [0.25, 0.3) is 0 Å². The Kier molecular flexibility index (Phi) is 4.71. The number of benzene rings is 1. The number of sulfonamides is 1. The first-order valence-electron chi connectivity index (χ1n) is 5.86. The van der Waals surface area contributed by atoms with Crippen LogP contribution in [0.25, 0.3) is 6.08 Å². The first kappa shape index (κ1) is 15.2. The summed E-state index contributed by atoms with van der Waals surface area (Å²) in [5.74, 6) is -1.22. The van der Waals surface area contributed by atoms with E-state index in [0.717, 1.165) is 17.4 Å². The molecule has 0 amide bonds. The lowest BCUT2D eigenvalue weighted by Gasteiger charge is -2.04. The third-order valence-electron chi connectivity index (χ3n) is 2.36. The molecule has 0 atom stereocenters. The minimum absolute atomic E-state index is 0.145. The van der Waals surface area contributed by atoms with Gasteiger partial charge in [-0.05, 0) is 11.6 Å². The predicted octanol–water partition coefficient (Wildman–Crippen LogP) is 2.18. The second kappa shape index (κ2) is 6.51. The number of carboxylic acids is 1. The number of aliphatic carboxylic acids is 1. The van der Waals surface area contributed by atoms with Crippen molar-refractivity contribution in [1.29, 1.82) is 0 Å². The fourth-order valence-corrected chi connectivity index (χ4v) is 3.67. The van der Waals surface area contributed by atoms with Gasteiger partial charge in [0.15, 0.2) is 5.13 Å². The lowest BCUT2D eigenvalue weighted by molar-refractivity contribution is -0.131. The molecule has 0 aliphatic rings. The molecule has 8 heteroatoms. The van der Waals surface area contributed by atoms with Crippen molar-refractivity contribution >= 4 is 38.5 Å². The number of carboxylic acid groups (broad SMARTS) is 1. The SMILES string of the molecule is O=C(O)C=Cc1cnc(NS(=O)(=O)Cc2ccccc2)s1. The molecule has 0 saturated carbocycles. The van der Waals surface area contributed by atoms with Crippen molar-refractivity contribution in [1.82, 2.24) is 4.98 Å². The third kappa shape index (κ3) is 5.01. The van der Waals surface area contributed by atoms with E-state index in [9.17, 15) is 13.2 Å². The Morgan fingerprint density at radius 3 is 2.71 bits per heavy atom. The smallest absolute Gasteiger partial charge is 0.328 e. The van der Waals surface area contributed by atoms with Crippen molar-refractivity contribution < 1.29 is 18.3 Å². The summed E-state index contributed by atoms with van der Waals surface area (Å²) in [6.45, 7) is 0. The molecule has 2 N–H and O–H groups in total. The molecule has 0 radical (unpaired) electrons. The number of hydrogen-bond donors (Lipinski definition) is 2. The highest BCUT2D eigenvalue weighted by Crippen LogP contribution is 2.21. The molecule has 0 bridgehead atoms. The topological polar surface area (TPSA) is 96.4 Å². The van der Waals surface area contributed by atoms with Crippen LogP contribution in [0.2, 0.25) is 0 Å². The largest absolute Gasteiger partial charge is 0.478 e. The maximum absolute atomic E-state index is 12.0. The van der Waals surface area contributed by atoms with Crippen molar-refractivity contribution in [3.8, 4) is 0 Å². The fraction of sp³-hybridized carbons (Fsp3) is 0.0769. The average Bonchev–Trinajstić information content (AvgIpc) is 2.83. The quantitative estimate of drug-likeness (QED) is 0.794. The van der Waals surface area contributed by atoms with Gasteiger partial charge in [0.1, 0.15) is 0 Å². The van der Waals surface area contributed by atoms with Gasteiger partial charge in [0.2, 0.25) is 10.0 Å². The van der Waals surface area contributed by atoms with Crippen LogP contribution in [0.5, 0.6) is 0 Å². The van der Waals surface area contributed by atoms with Crippen LogP contribution < -0.4 is 4.72 Å². The Balaban J connectivity index is 2.05. The molecule has 1 heterocycles. The van der Waals surface area contributed by atoms with Crippen LogP contribution in [0.3, 0.4) is 0 Å².